The number of methoxy groups -OCH3 is 3. The number of rotatable bonds is 8. The summed E-state index contributed by atoms with van der Waals surface area (Å²) in [4.78, 5) is 8.46. The Labute approximate surface area is 168 Å². The first-order valence-corrected chi connectivity index (χ1v) is 9.93. The molecule has 0 radical (unpaired) electrons. The second-order valence-electron chi connectivity index (χ2n) is 5.72. The molecule has 0 saturated heterocycles. The van der Waals surface area contributed by atoms with Crippen molar-refractivity contribution in [3.8, 4) is 17.2 Å². The van der Waals surface area contributed by atoms with Crippen molar-refractivity contribution in [2.45, 2.75) is 4.90 Å². The number of hydrogen-bond acceptors (Lipinski definition) is 8. The zero-order valence-electron chi connectivity index (χ0n) is 16.0. The van der Waals surface area contributed by atoms with Gasteiger partial charge in [-0.25, -0.2) is 13.4 Å². The minimum atomic E-state index is -3.76. The molecule has 10 heteroatoms. The number of nitrogens with zero attached hydrogens (tertiary/aromatic N) is 2. The Kier molecular flexibility index (Phi) is 6.03. The second kappa shape index (κ2) is 8.65. The zero-order chi connectivity index (χ0) is 20.9. The number of nitrogens with one attached hydrogen (secondary N) is 2. The van der Waals surface area contributed by atoms with Gasteiger partial charge in [0.2, 0.25) is 11.7 Å². The summed E-state index contributed by atoms with van der Waals surface area (Å²) >= 11 is 0. The number of hydrogen-bond donors (Lipinski definition) is 2. The van der Waals surface area contributed by atoms with Crippen LogP contribution in [0.4, 0.5) is 17.5 Å². The number of ether oxygens (including phenoxy) is 3. The molecule has 0 saturated carbocycles. The van der Waals surface area contributed by atoms with Gasteiger partial charge in [0, 0.05) is 24.0 Å². The molecule has 0 amide bonds. The lowest BCUT2D eigenvalue weighted by atomic mass is 10.2. The molecule has 9 nitrogen and oxygen atoms in total. The van der Waals surface area contributed by atoms with Crippen LogP contribution in [-0.2, 0) is 10.0 Å². The van der Waals surface area contributed by atoms with Gasteiger partial charge in [0.05, 0.1) is 26.2 Å². The Morgan fingerprint density at radius 3 is 2.14 bits per heavy atom. The van der Waals surface area contributed by atoms with Gasteiger partial charge in [-0.05, 0) is 18.2 Å². The van der Waals surface area contributed by atoms with Crippen molar-refractivity contribution in [2.24, 2.45) is 0 Å². The minimum absolute atomic E-state index is 0.124. The maximum atomic E-state index is 12.5. The molecule has 0 aliphatic rings. The first-order valence-electron chi connectivity index (χ1n) is 8.45. The molecule has 0 atom stereocenters. The van der Waals surface area contributed by atoms with E-state index in [1.54, 1.807) is 30.3 Å². The molecule has 3 aromatic rings. The molecule has 0 spiro atoms. The Balaban J connectivity index is 1.85. The van der Waals surface area contributed by atoms with Gasteiger partial charge in [0.1, 0.15) is 5.82 Å². The average molecular weight is 416 g/mol. The van der Waals surface area contributed by atoms with Gasteiger partial charge in [-0.15, -0.1) is 0 Å². The minimum Gasteiger partial charge on any atom is -0.493 e. The van der Waals surface area contributed by atoms with E-state index in [2.05, 4.69) is 20.0 Å². The lowest BCUT2D eigenvalue weighted by Gasteiger charge is -2.15. The Morgan fingerprint density at radius 2 is 1.55 bits per heavy atom. The van der Waals surface area contributed by atoms with Crippen LogP contribution in [0.15, 0.2) is 59.6 Å². The lowest BCUT2D eigenvalue weighted by molar-refractivity contribution is 0.324. The van der Waals surface area contributed by atoms with Gasteiger partial charge in [-0.2, -0.15) is 4.98 Å². The summed E-state index contributed by atoms with van der Waals surface area (Å²) < 4.78 is 43.3. The first kappa shape index (κ1) is 20.2. The summed E-state index contributed by atoms with van der Waals surface area (Å²) in [6.45, 7) is 0. The summed E-state index contributed by atoms with van der Waals surface area (Å²) in [6, 6.07) is 12.9. The van der Waals surface area contributed by atoms with Crippen molar-refractivity contribution in [1.29, 1.82) is 0 Å². The van der Waals surface area contributed by atoms with Gasteiger partial charge in [0.15, 0.2) is 11.5 Å². The summed E-state index contributed by atoms with van der Waals surface area (Å²) in [5, 5.41) is 3.00. The molecule has 2 N–H and O–H groups in total. The Hall–Kier alpha value is -3.53. The standard InChI is InChI=1S/C19H20N4O5S/c1-26-15-11-13(12-16(27-2)18(15)28-3)21-19-20-10-9-17(22-19)23-29(24,25)14-7-5-4-6-8-14/h4-12H,1-3H3,(H2,20,21,22,23). The van der Waals surface area contributed by atoms with Crippen LogP contribution in [0, 0.1) is 0 Å². The predicted octanol–water partition coefficient (Wildman–Crippen LogP) is 3.05. The third-order valence-corrected chi connectivity index (χ3v) is 5.24. The summed E-state index contributed by atoms with van der Waals surface area (Å²) in [7, 11) is 0.776. The van der Waals surface area contributed by atoms with E-state index in [1.807, 2.05) is 0 Å². The lowest BCUT2D eigenvalue weighted by Crippen LogP contribution is -2.14. The van der Waals surface area contributed by atoms with E-state index in [1.165, 1.54) is 45.7 Å². The number of anilines is 3. The van der Waals surface area contributed by atoms with Crippen molar-refractivity contribution < 1.29 is 22.6 Å². The highest BCUT2D eigenvalue weighted by atomic mass is 32.2. The van der Waals surface area contributed by atoms with E-state index in [4.69, 9.17) is 14.2 Å². The predicted molar refractivity (Wildman–Crippen MR) is 109 cm³/mol. The topological polar surface area (TPSA) is 112 Å². The molecule has 3 rings (SSSR count). The first-order chi connectivity index (χ1) is 14.0. The fourth-order valence-corrected chi connectivity index (χ4v) is 3.58. The summed E-state index contributed by atoms with van der Waals surface area (Å²) in [6.07, 6.45) is 1.44. The fourth-order valence-electron chi connectivity index (χ4n) is 2.55. The molecule has 1 heterocycles. The molecule has 0 aliphatic carbocycles. The van der Waals surface area contributed by atoms with Crippen LogP contribution in [0.1, 0.15) is 0 Å². The van der Waals surface area contributed by atoms with Crippen molar-refractivity contribution in [2.75, 3.05) is 31.4 Å². The molecule has 1 aromatic heterocycles. The smallest absolute Gasteiger partial charge is 0.263 e. The SMILES string of the molecule is COc1cc(Nc2nccc(NS(=O)(=O)c3ccccc3)n2)cc(OC)c1OC. The highest BCUT2D eigenvalue weighted by Crippen LogP contribution is 2.40. The van der Waals surface area contributed by atoms with Gasteiger partial charge >= 0.3 is 0 Å². The van der Waals surface area contributed by atoms with Crippen LogP contribution in [0.5, 0.6) is 17.2 Å². The van der Waals surface area contributed by atoms with Gasteiger partial charge in [-0.3, -0.25) is 4.72 Å². The largest absolute Gasteiger partial charge is 0.493 e. The molecule has 2 aromatic carbocycles. The van der Waals surface area contributed by atoms with E-state index in [9.17, 15) is 8.42 Å². The quantitative estimate of drug-likeness (QED) is 0.576. The number of benzene rings is 2. The molecule has 0 unspecified atom stereocenters. The third kappa shape index (κ3) is 4.66. The fraction of sp³-hybridized carbons (Fsp3) is 0.158. The van der Waals surface area contributed by atoms with E-state index < -0.39 is 10.0 Å². The average Bonchev–Trinajstić information content (AvgIpc) is 2.73. The monoisotopic (exact) mass is 416 g/mol. The Morgan fingerprint density at radius 1 is 0.897 bits per heavy atom. The van der Waals surface area contributed by atoms with Crippen molar-refractivity contribution >= 4 is 27.5 Å². The highest BCUT2D eigenvalue weighted by molar-refractivity contribution is 7.92. The van der Waals surface area contributed by atoms with Crippen molar-refractivity contribution in [3.63, 3.8) is 0 Å². The van der Waals surface area contributed by atoms with Crippen molar-refractivity contribution in [1.82, 2.24) is 9.97 Å². The zero-order valence-corrected chi connectivity index (χ0v) is 16.9. The van der Waals surface area contributed by atoms with Gasteiger partial charge < -0.3 is 19.5 Å². The van der Waals surface area contributed by atoms with E-state index >= 15 is 0 Å². The number of aromatic nitrogens is 2. The summed E-state index contributed by atoms with van der Waals surface area (Å²) in [5.41, 5.74) is 0.572. The summed E-state index contributed by atoms with van der Waals surface area (Å²) in [5.74, 6) is 1.67. The van der Waals surface area contributed by atoms with Crippen LogP contribution < -0.4 is 24.2 Å². The van der Waals surface area contributed by atoms with E-state index in [0.717, 1.165) is 0 Å². The molecular formula is C19H20N4O5S. The second-order valence-corrected chi connectivity index (χ2v) is 7.41. The highest BCUT2D eigenvalue weighted by Gasteiger charge is 2.16. The molecule has 152 valence electrons. The van der Waals surface area contributed by atoms with Crippen LogP contribution in [0.2, 0.25) is 0 Å². The van der Waals surface area contributed by atoms with Gasteiger partial charge in [-0.1, -0.05) is 18.2 Å². The maximum Gasteiger partial charge on any atom is 0.263 e. The van der Waals surface area contributed by atoms with Crippen LogP contribution >= 0.6 is 0 Å². The number of sulfonamides is 1. The van der Waals surface area contributed by atoms with Crippen LogP contribution in [0.25, 0.3) is 0 Å². The van der Waals surface area contributed by atoms with Gasteiger partial charge in [0.25, 0.3) is 10.0 Å². The molecule has 0 fully saturated rings. The van der Waals surface area contributed by atoms with Crippen LogP contribution in [0.3, 0.4) is 0 Å². The van der Waals surface area contributed by atoms with E-state index in [-0.39, 0.29) is 16.7 Å². The van der Waals surface area contributed by atoms with Crippen molar-refractivity contribution in [3.05, 3.63) is 54.7 Å². The Bertz CT molecular complexity index is 1070. The van der Waals surface area contributed by atoms with E-state index in [0.29, 0.717) is 22.9 Å². The normalized spacial score (nSPS) is 10.9. The van der Waals surface area contributed by atoms with Crippen LogP contribution in [-0.4, -0.2) is 39.7 Å². The molecule has 0 bridgehead atoms. The molecule has 0 aliphatic heterocycles. The molecule has 29 heavy (non-hydrogen) atoms. The molecular weight excluding hydrogens is 396 g/mol. The third-order valence-electron chi connectivity index (χ3n) is 3.87. The maximum absolute atomic E-state index is 12.5.